The van der Waals surface area contributed by atoms with Gasteiger partial charge in [-0.3, -0.25) is 4.79 Å². The normalized spacial score (nSPS) is 14.1. The second-order valence-electron chi connectivity index (χ2n) is 7.27. The van der Waals surface area contributed by atoms with E-state index in [1.165, 1.54) is 0 Å². The maximum atomic E-state index is 11.1. The maximum Gasteiger partial charge on any atom is 0.309 e. The lowest BCUT2D eigenvalue weighted by Crippen LogP contribution is -2.32. The summed E-state index contributed by atoms with van der Waals surface area (Å²) in [6.45, 7) is 14.5. The molecule has 0 aliphatic heterocycles. The molecule has 0 aromatic carbocycles. The monoisotopic (exact) mass is 214 g/mol. The van der Waals surface area contributed by atoms with Gasteiger partial charge in [0.05, 0.1) is 5.41 Å². The number of aliphatic carboxylic acids is 1. The SMILES string of the molecule is CC(C)(C)CC(C)(C)CC(C)(C)C(=O)O. The summed E-state index contributed by atoms with van der Waals surface area (Å²) in [6.07, 6.45) is 1.75. The fraction of sp³-hybridized carbons (Fsp3) is 0.923. The molecule has 2 heteroatoms. The number of carboxylic acids is 1. The van der Waals surface area contributed by atoms with E-state index in [0.717, 1.165) is 6.42 Å². The molecule has 0 radical (unpaired) electrons. The van der Waals surface area contributed by atoms with E-state index < -0.39 is 11.4 Å². The molecule has 1 N–H and O–H groups in total. The van der Waals surface area contributed by atoms with Crippen molar-refractivity contribution in [1.82, 2.24) is 0 Å². The molecular weight excluding hydrogens is 188 g/mol. The Morgan fingerprint density at radius 1 is 0.933 bits per heavy atom. The molecule has 15 heavy (non-hydrogen) atoms. The number of carbonyl (C=O) groups is 1. The third-order valence-corrected chi connectivity index (χ3v) is 2.51. The van der Waals surface area contributed by atoms with Crippen LogP contribution < -0.4 is 0 Å². The molecule has 0 unspecified atom stereocenters. The van der Waals surface area contributed by atoms with E-state index in [1.807, 2.05) is 0 Å². The third kappa shape index (κ3) is 5.81. The van der Waals surface area contributed by atoms with E-state index in [4.69, 9.17) is 5.11 Å². The molecule has 2 nitrogen and oxygen atoms in total. The van der Waals surface area contributed by atoms with Crippen LogP contribution in [0.3, 0.4) is 0 Å². The van der Waals surface area contributed by atoms with Crippen molar-refractivity contribution in [3.8, 4) is 0 Å². The van der Waals surface area contributed by atoms with Crippen molar-refractivity contribution in [1.29, 1.82) is 0 Å². The van der Waals surface area contributed by atoms with E-state index in [9.17, 15) is 4.79 Å². The summed E-state index contributed by atoms with van der Waals surface area (Å²) in [5, 5.41) is 9.10. The Kier molecular flexibility index (Phi) is 4.00. The summed E-state index contributed by atoms with van der Waals surface area (Å²) >= 11 is 0. The predicted octanol–water partition coefficient (Wildman–Crippen LogP) is 3.95. The van der Waals surface area contributed by atoms with Crippen LogP contribution in [0.1, 0.15) is 61.3 Å². The molecule has 90 valence electrons. The Morgan fingerprint density at radius 3 is 1.60 bits per heavy atom. The van der Waals surface area contributed by atoms with E-state index >= 15 is 0 Å². The zero-order valence-corrected chi connectivity index (χ0v) is 11.3. The molecule has 0 atom stereocenters. The summed E-state index contributed by atoms with van der Waals surface area (Å²) in [5.74, 6) is -0.704. The first kappa shape index (κ1) is 14.5. The maximum absolute atomic E-state index is 11.1. The fourth-order valence-corrected chi connectivity index (χ4v) is 2.77. The molecule has 0 heterocycles. The van der Waals surface area contributed by atoms with Gasteiger partial charge in [-0.15, -0.1) is 0 Å². The van der Waals surface area contributed by atoms with Crippen LogP contribution in [-0.4, -0.2) is 11.1 Å². The first-order valence-electron chi connectivity index (χ1n) is 5.59. The van der Waals surface area contributed by atoms with Gasteiger partial charge in [-0.25, -0.2) is 0 Å². The number of hydrogen-bond acceptors (Lipinski definition) is 1. The average molecular weight is 214 g/mol. The summed E-state index contributed by atoms with van der Waals surface area (Å²) < 4.78 is 0. The van der Waals surface area contributed by atoms with Gasteiger partial charge in [-0.2, -0.15) is 0 Å². The van der Waals surface area contributed by atoms with E-state index in [0.29, 0.717) is 6.42 Å². The number of hydrogen-bond donors (Lipinski definition) is 1. The largest absolute Gasteiger partial charge is 0.481 e. The molecule has 0 bridgehead atoms. The number of rotatable bonds is 4. The van der Waals surface area contributed by atoms with Crippen LogP contribution in [0.5, 0.6) is 0 Å². The molecule has 0 saturated carbocycles. The van der Waals surface area contributed by atoms with Gasteiger partial charge in [-0.1, -0.05) is 34.6 Å². The number of carboxylic acid groups (broad SMARTS) is 1. The van der Waals surface area contributed by atoms with E-state index in [-0.39, 0.29) is 10.8 Å². The van der Waals surface area contributed by atoms with Crippen molar-refractivity contribution in [3.63, 3.8) is 0 Å². The Balaban J connectivity index is 4.58. The van der Waals surface area contributed by atoms with Gasteiger partial charge in [0.25, 0.3) is 0 Å². The Hall–Kier alpha value is -0.530. The van der Waals surface area contributed by atoms with E-state index in [1.54, 1.807) is 13.8 Å². The summed E-state index contributed by atoms with van der Waals surface area (Å²) in [7, 11) is 0. The van der Waals surface area contributed by atoms with Crippen molar-refractivity contribution < 1.29 is 9.90 Å². The fourth-order valence-electron chi connectivity index (χ4n) is 2.77. The van der Waals surface area contributed by atoms with Crippen LogP contribution in [0.2, 0.25) is 0 Å². The van der Waals surface area contributed by atoms with Crippen molar-refractivity contribution in [2.75, 3.05) is 0 Å². The van der Waals surface area contributed by atoms with Crippen LogP contribution in [0, 0.1) is 16.2 Å². The highest BCUT2D eigenvalue weighted by Gasteiger charge is 2.36. The van der Waals surface area contributed by atoms with Gasteiger partial charge in [0, 0.05) is 0 Å². The minimum Gasteiger partial charge on any atom is -0.481 e. The van der Waals surface area contributed by atoms with Crippen molar-refractivity contribution in [2.24, 2.45) is 16.2 Å². The first-order chi connectivity index (χ1) is 6.36. The quantitative estimate of drug-likeness (QED) is 0.769. The summed E-state index contributed by atoms with van der Waals surface area (Å²) in [5.41, 5.74) is -0.313. The second kappa shape index (κ2) is 4.15. The zero-order valence-electron chi connectivity index (χ0n) is 11.3. The minimum absolute atomic E-state index is 0.0696. The predicted molar refractivity (Wildman–Crippen MR) is 63.9 cm³/mol. The summed E-state index contributed by atoms with van der Waals surface area (Å²) in [4.78, 5) is 11.1. The zero-order chi connectivity index (χ0) is 12.5. The molecule has 0 fully saturated rings. The van der Waals surface area contributed by atoms with Crippen molar-refractivity contribution in [3.05, 3.63) is 0 Å². The molecule has 0 aliphatic rings. The molecular formula is C13H26O2. The van der Waals surface area contributed by atoms with Crippen molar-refractivity contribution >= 4 is 5.97 Å². The standard InChI is InChI=1S/C13H26O2/c1-11(2,3)8-12(4,5)9-13(6,7)10(14)15/h8-9H2,1-7H3,(H,14,15). The van der Waals surface area contributed by atoms with Gasteiger partial charge >= 0.3 is 5.97 Å². The highest BCUT2D eigenvalue weighted by Crippen LogP contribution is 2.41. The second-order valence-corrected chi connectivity index (χ2v) is 7.27. The van der Waals surface area contributed by atoms with E-state index in [2.05, 4.69) is 34.6 Å². The Labute approximate surface area is 94.1 Å². The first-order valence-corrected chi connectivity index (χ1v) is 5.59. The van der Waals surface area contributed by atoms with Gasteiger partial charge < -0.3 is 5.11 Å². The van der Waals surface area contributed by atoms with Crippen molar-refractivity contribution in [2.45, 2.75) is 61.3 Å². The average Bonchev–Trinajstić information content (AvgIpc) is 1.75. The molecule has 0 aliphatic carbocycles. The molecule has 0 spiro atoms. The van der Waals surface area contributed by atoms with Crippen LogP contribution in [0.4, 0.5) is 0 Å². The van der Waals surface area contributed by atoms with Gasteiger partial charge in [0.1, 0.15) is 0 Å². The lowest BCUT2D eigenvalue weighted by atomic mass is 9.68. The Bertz CT molecular complexity index is 231. The van der Waals surface area contributed by atoms with Crippen LogP contribution in [0.25, 0.3) is 0 Å². The molecule has 0 amide bonds. The Morgan fingerprint density at radius 2 is 1.33 bits per heavy atom. The lowest BCUT2D eigenvalue weighted by Gasteiger charge is -2.37. The third-order valence-electron chi connectivity index (χ3n) is 2.51. The molecule has 0 rings (SSSR count). The van der Waals surface area contributed by atoms with Gasteiger partial charge in [0.15, 0.2) is 0 Å². The lowest BCUT2D eigenvalue weighted by molar-refractivity contribution is -0.149. The van der Waals surface area contributed by atoms with Crippen LogP contribution in [0.15, 0.2) is 0 Å². The highest BCUT2D eigenvalue weighted by molar-refractivity contribution is 5.73. The van der Waals surface area contributed by atoms with Crippen LogP contribution in [-0.2, 0) is 4.79 Å². The minimum atomic E-state index is -0.704. The molecule has 0 aromatic heterocycles. The summed E-state index contributed by atoms with van der Waals surface area (Å²) in [6, 6.07) is 0. The highest BCUT2D eigenvalue weighted by atomic mass is 16.4. The van der Waals surface area contributed by atoms with Gasteiger partial charge in [0.2, 0.25) is 0 Å². The molecule has 0 saturated heterocycles. The van der Waals surface area contributed by atoms with Crippen LogP contribution >= 0.6 is 0 Å². The topological polar surface area (TPSA) is 37.3 Å². The van der Waals surface area contributed by atoms with Gasteiger partial charge in [-0.05, 0) is 37.5 Å². The molecule has 0 aromatic rings. The smallest absolute Gasteiger partial charge is 0.309 e.